The summed E-state index contributed by atoms with van der Waals surface area (Å²) in [4.78, 5) is 4.84. The van der Waals surface area contributed by atoms with Gasteiger partial charge >= 0.3 is 0 Å². The fraction of sp³-hybridized carbons (Fsp3) is 0.591. The van der Waals surface area contributed by atoms with Crippen LogP contribution in [0.3, 0.4) is 0 Å². The van der Waals surface area contributed by atoms with E-state index in [-0.39, 0.29) is 30.0 Å². The Balaban J connectivity index is 0.00000320. The Morgan fingerprint density at radius 2 is 2.07 bits per heavy atom. The first-order valence-corrected chi connectivity index (χ1v) is 10.8. The minimum Gasteiger partial charge on any atom is -0.381 e. The summed E-state index contributed by atoms with van der Waals surface area (Å²) >= 11 is 0. The predicted molar refractivity (Wildman–Crippen MR) is 131 cm³/mol. The van der Waals surface area contributed by atoms with E-state index in [1.54, 1.807) is 6.33 Å². The van der Waals surface area contributed by atoms with Gasteiger partial charge in [-0.25, -0.2) is 0 Å². The maximum absolute atomic E-state index is 5.49. The number of benzene rings is 1. The quantitative estimate of drug-likeness (QED) is 0.298. The normalized spacial score (nSPS) is 17.4. The van der Waals surface area contributed by atoms with E-state index in [0.717, 1.165) is 63.9 Å². The first-order chi connectivity index (χ1) is 14.2. The van der Waals surface area contributed by atoms with Crippen molar-refractivity contribution in [2.75, 3.05) is 26.3 Å². The van der Waals surface area contributed by atoms with E-state index in [2.05, 4.69) is 70.4 Å². The molecule has 2 aromatic rings. The van der Waals surface area contributed by atoms with Crippen molar-refractivity contribution in [1.29, 1.82) is 0 Å². The molecule has 0 bridgehead atoms. The number of nitrogens with one attached hydrogen (secondary N) is 2. The molecule has 2 heterocycles. The van der Waals surface area contributed by atoms with E-state index < -0.39 is 0 Å². The number of aliphatic imine (C=N–C) groups is 1. The second kappa shape index (κ2) is 12.9. The molecule has 3 rings (SSSR count). The van der Waals surface area contributed by atoms with Crippen LogP contribution in [-0.2, 0) is 24.1 Å². The van der Waals surface area contributed by atoms with Gasteiger partial charge in [-0.2, -0.15) is 0 Å². The molecule has 1 aromatic carbocycles. The summed E-state index contributed by atoms with van der Waals surface area (Å²) in [5.41, 5.74) is 2.61. The van der Waals surface area contributed by atoms with Crippen LogP contribution in [0.1, 0.15) is 50.2 Å². The summed E-state index contributed by atoms with van der Waals surface area (Å²) in [6.07, 6.45) is 4.82. The number of guanidine groups is 1. The Labute approximate surface area is 197 Å². The van der Waals surface area contributed by atoms with E-state index in [1.807, 2.05) is 0 Å². The zero-order valence-corrected chi connectivity index (χ0v) is 20.6. The van der Waals surface area contributed by atoms with Crippen molar-refractivity contribution in [1.82, 2.24) is 25.4 Å². The van der Waals surface area contributed by atoms with Crippen LogP contribution in [0.4, 0.5) is 0 Å². The lowest BCUT2D eigenvalue weighted by molar-refractivity contribution is 0.187. The molecule has 2 atom stereocenters. The molecule has 0 saturated carbocycles. The van der Waals surface area contributed by atoms with Crippen molar-refractivity contribution >= 4 is 29.9 Å². The number of nitrogens with zero attached hydrogens (tertiary/aromatic N) is 4. The number of hydrogen-bond donors (Lipinski definition) is 2. The Kier molecular flexibility index (Phi) is 10.6. The van der Waals surface area contributed by atoms with Crippen LogP contribution in [0.15, 0.2) is 35.6 Å². The Morgan fingerprint density at radius 3 is 2.73 bits per heavy atom. The Bertz CT molecular complexity index is 770. The smallest absolute Gasteiger partial charge is 0.191 e. The highest BCUT2D eigenvalue weighted by Gasteiger charge is 2.16. The van der Waals surface area contributed by atoms with Gasteiger partial charge < -0.3 is 19.9 Å². The topological polar surface area (TPSA) is 76.4 Å². The fourth-order valence-corrected chi connectivity index (χ4v) is 3.46. The third kappa shape index (κ3) is 7.23. The Hall–Kier alpha value is -1.68. The molecule has 1 saturated heterocycles. The highest BCUT2D eigenvalue weighted by Crippen LogP contribution is 2.15. The summed E-state index contributed by atoms with van der Waals surface area (Å²) in [7, 11) is 0. The highest BCUT2D eigenvalue weighted by atomic mass is 127. The van der Waals surface area contributed by atoms with Gasteiger partial charge in [-0.05, 0) is 30.9 Å². The van der Waals surface area contributed by atoms with Gasteiger partial charge in [0.1, 0.15) is 12.2 Å². The van der Waals surface area contributed by atoms with Crippen molar-refractivity contribution < 1.29 is 4.74 Å². The molecule has 1 aromatic heterocycles. The van der Waals surface area contributed by atoms with Gasteiger partial charge in [-0.15, -0.1) is 34.2 Å². The average Bonchev–Trinajstić information content (AvgIpc) is 3.43. The largest absolute Gasteiger partial charge is 0.381 e. The second-order valence-corrected chi connectivity index (χ2v) is 7.60. The van der Waals surface area contributed by atoms with Gasteiger partial charge in [0, 0.05) is 38.6 Å². The molecule has 0 amide bonds. The maximum Gasteiger partial charge on any atom is 0.191 e. The number of ether oxygens (including phenoxy) is 1. The lowest BCUT2D eigenvalue weighted by Gasteiger charge is -2.20. The Morgan fingerprint density at radius 1 is 1.27 bits per heavy atom. The summed E-state index contributed by atoms with van der Waals surface area (Å²) in [5, 5.41) is 15.2. The first-order valence-electron chi connectivity index (χ1n) is 10.8. The van der Waals surface area contributed by atoms with Gasteiger partial charge in [0.15, 0.2) is 5.96 Å². The van der Waals surface area contributed by atoms with E-state index in [4.69, 9.17) is 9.73 Å². The van der Waals surface area contributed by atoms with E-state index >= 15 is 0 Å². The van der Waals surface area contributed by atoms with Crippen molar-refractivity contribution in [3.05, 3.63) is 47.5 Å². The van der Waals surface area contributed by atoms with Crippen molar-refractivity contribution in [2.45, 2.75) is 52.6 Å². The van der Waals surface area contributed by atoms with Crippen LogP contribution in [-0.4, -0.2) is 47.0 Å². The lowest BCUT2D eigenvalue weighted by atomic mass is 10.1. The summed E-state index contributed by atoms with van der Waals surface area (Å²) < 4.78 is 7.58. The van der Waals surface area contributed by atoms with Gasteiger partial charge in [-0.1, -0.05) is 38.1 Å². The van der Waals surface area contributed by atoms with Gasteiger partial charge in [-0.3, -0.25) is 4.99 Å². The molecular formula is C22H35IN6O. The molecule has 0 spiro atoms. The van der Waals surface area contributed by atoms with Crippen molar-refractivity contribution in [3.8, 4) is 0 Å². The van der Waals surface area contributed by atoms with Crippen LogP contribution in [0, 0.1) is 5.92 Å². The molecule has 30 heavy (non-hydrogen) atoms. The number of hydrogen-bond acceptors (Lipinski definition) is 4. The van der Waals surface area contributed by atoms with Crippen LogP contribution >= 0.6 is 24.0 Å². The number of rotatable bonds is 9. The molecule has 2 unspecified atom stereocenters. The molecule has 1 fully saturated rings. The third-order valence-corrected chi connectivity index (χ3v) is 5.43. The SMILES string of the molecule is CCc1ccc(C(C)NC(=NCC2CCOC2)NCCn2cnnc2CC)cc1.I. The fourth-order valence-electron chi connectivity index (χ4n) is 3.46. The molecule has 2 N–H and O–H groups in total. The van der Waals surface area contributed by atoms with Crippen LogP contribution in [0.25, 0.3) is 0 Å². The molecule has 1 aliphatic rings. The minimum atomic E-state index is 0. The molecule has 8 heteroatoms. The summed E-state index contributed by atoms with van der Waals surface area (Å²) in [6, 6.07) is 8.97. The zero-order valence-electron chi connectivity index (χ0n) is 18.3. The minimum absolute atomic E-state index is 0. The van der Waals surface area contributed by atoms with E-state index in [0.29, 0.717) is 5.92 Å². The van der Waals surface area contributed by atoms with Crippen LogP contribution in [0.2, 0.25) is 0 Å². The molecule has 0 radical (unpaired) electrons. The summed E-state index contributed by atoms with van der Waals surface area (Å²) in [5.74, 6) is 2.36. The summed E-state index contributed by atoms with van der Waals surface area (Å²) in [6.45, 7) is 10.5. The molecular weight excluding hydrogens is 491 g/mol. The maximum atomic E-state index is 5.49. The van der Waals surface area contributed by atoms with Crippen LogP contribution in [0.5, 0.6) is 0 Å². The van der Waals surface area contributed by atoms with E-state index in [9.17, 15) is 0 Å². The van der Waals surface area contributed by atoms with Gasteiger partial charge in [0.05, 0.1) is 12.6 Å². The number of halogens is 1. The molecule has 166 valence electrons. The monoisotopic (exact) mass is 526 g/mol. The molecule has 1 aliphatic heterocycles. The predicted octanol–water partition coefficient (Wildman–Crippen LogP) is 3.35. The lowest BCUT2D eigenvalue weighted by Crippen LogP contribution is -2.40. The molecule has 0 aliphatic carbocycles. The second-order valence-electron chi connectivity index (χ2n) is 7.60. The van der Waals surface area contributed by atoms with Crippen LogP contribution < -0.4 is 10.6 Å². The van der Waals surface area contributed by atoms with Gasteiger partial charge in [0.25, 0.3) is 0 Å². The van der Waals surface area contributed by atoms with Crippen molar-refractivity contribution in [2.24, 2.45) is 10.9 Å². The van der Waals surface area contributed by atoms with E-state index in [1.165, 1.54) is 11.1 Å². The number of aromatic nitrogens is 3. The standard InChI is InChI=1S/C22H34N6O.HI/c1-4-18-6-8-20(9-7-18)17(3)26-22(24-14-19-10-13-29-15-19)23-11-12-28-16-25-27-21(28)5-2;/h6-9,16-17,19H,4-5,10-15H2,1-3H3,(H2,23,24,26);1H. The highest BCUT2D eigenvalue weighted by molar-refractivity contribution is 14.0. The zero-order chi connectivity index (χ0) is 20.5. The van der Waals surface area contributed by atoms with Gasteiger partial charge in [0.2, 0.25) is 0 Å². The molecule has 7 nitrogen and oxygen atoms in total. The first kappa shape index (κ1) is 24.6. The third-order valence-electron chi connectivity index (χ3n) is 5.43. The average molecular weight is 526 g/mol. The van der Waals surface area contributed by atoms with Crippen molar-refractivity contribution in [3.63, 3.8) is 0 Å². The number of aryl methyl sites for hydroxylation is 2.